The van der Waals surface area contributed by atoms with Crippen molar-refractivity contribution >= 4 is 15.9 Å². The lowest BCUT2D eigenvalue weighted by Crippen LogP contribution is -2.43. The number of rotatable bonds is 7. The first-order chi connectivity index (χ1) is 15.8. The van der Waals surface area contributed by atoms with Gasteiger partial charge in [-0.1, -0.05) is 6.92 Å². The Hall–Kier alpha value is -2.20. The Balaban J connectivity index is 1.41. The van der Waals surface area contributed by atoms with Crippen LogP contribution in [0.3, 0.4) is 0 Å². The fraction of sp³-hybridized carbons (Fsp3) is 0.542. The smallest absolute Gasteiger partial charge is 0.251 e. The summed E-state index contributed by atoms with van der Waals surface area (Å²) in [6.45, 7) is 8.35. The monoisotopic (exact) mass is 475 g/mol. The van der Waals surface area contributed by atoms with Crippen LogP contribution >= 0.6 is 0 Å². The molecule has 1 atom stereocenters. The number of ether oxygens (including phenoxy) is 1. The van der Waals surface area contributed by atoms with Gasteiger partial charge >= 0.3 is 0 Å². The molecule has 1 aromatic heterocycles. The third kappa shape index (κ3) is 5.66. The van der Waals surface area contributed by atoms with Crippen LogP contribution in [0.15, 0.2) is 45.7 Å². The van der Waals surface area contributed by atoms with Crippen LogP contribution in [-0.2, 0) is 14.8 Å². The first-order valence-corrected chi connectivity index (χ1v) is 13.0. The van der Waals surface area contributed by atoms with E-state index < -0.39 is 10.0 Å². The highest BCUT2D eigenvalue weighted by Gasteiger charge is 2.29. The van der Waals surface area contributed by atoms with Crippen molar-refractivity contribution in [3.63, 3.8) is 0 Å². The number of piperidine rings is 1. The summed E-state index contributed by atoms with van der Waals surface area (Å²) in [5.41, 5.74) is 0.428. The van der Waals surface area contributed by atoms with Gasteiger partial charge in [0.2, 0.25) is 10.0 Å². The summed E-state index contributed by atoms with van der Waals surface area (Å²) in [6.07, 6.45) is 1.75. The molecule has 1 amide bonds. The molecule has 1 N–H and O–H groups in total. The Morgan fingerprint density at radius 2 is 1.73 bits per heavy atom. The van der Waals surface area contributed by atoms with Crippen LogP contribution in [0.5, 0.6) is 0 Å². The molecule has 33 heavy (non-hydrogen) atoms. The molecule has 2 aliphatic rings. The molecule has 0 aliphatic carbocycles. The van der Waals surface area contributed by atoms with Crippen LogP contribution < -0.4 is 5.32 Å². The Labute approximate surface area is 195 Å². The molecule has 180 valence electrons. The van der Waals surface area contributed by atoms with Crippen molar-refractivity contribution in [2.75, 3.05) is 45.9 Å². The number of furan rings is 1. The van der Waals surface area contributed by atoms with E-state index in [0.717, 1.165) is 37.5 Å². The van der Waals surface area contributed by atoms with Crippen molar-refractivity contribution in [1.82, 2.24) is 14.5 Å². The van der Waals surface area contributed by atoms with E-state index in [4.69, 9.17) is 9.15 Å². The molecule has 2 saturated heterocycles. The summed E-state index contributed by atoms with van der Waals surface area (Å²) in [5, 5.41) is 2.99. The maximum absolute atomic E-state index is 12.9. The fourth-order valence-electron chi connectivity index (χ4n) is 4.38. The van der Waals surface area contributed by atoms with E-state index in [2.05, 4.69) is 17.1 Å². The molecule has 2 fully saturated rings. The summed E-state index contributed by atoms with van der Waals surface area (Å²) in [6, 6.07) is 9.99. The van der Waals surface area contributed by atoms with Crippen molar-refractivity contribution in [3.05, 3.63) is 53.5 Å². The lowest BCUT2D eigenvalue weighted by atomic mass is 10.0. The lowest BCUT2D eigenvalue weighted by Gasteiger charge is -2.33. The molecule has 4 rings (SSSR count). The minimum absolute atomic E-state index is 0.0901. The van der Waals surface area contributed by atoms with E-state index in [9.17, 15) is 13.2 Å². The number of benzene rings is 1. The number of carbonyl (C=O) groups is 1. The van der Waals surface area contributed by atoms with Gasteiger partial charge < -0.3 is 14.5 Å². The van der Waals surface area contributed by atoms with Gasteiger partial charge in [-0.2, -0.15) is 4.31 Å². The zero-order valence-electron chi connectivity index (χ0n) is 19.3. The van der Waals surface area contributed by atoms with E-state index in [1.807, 2.05) is 19.1 Å². The predicted molar refractivity (Wildman–Crippen MR) is 125 cm³/mol. The number of nitrogens with zero attached hydrogens (tertiary/aromatic N) is 2. The SMILES string of the molecule is Cc1ccc([C@H](CNC(=O)c2ccc(S(=O)(=O)N3CCC(C)CC3)cc2)N2CCOCC2)o1. The highest BCUT2D eigenvalue weighted by atomic mass is 32.2. The van der Waals surface area contributed by atoms with Crippen LogP contribution in [0.1, 0.15) is 47.7 Å². The highest BCUT2D eigenvalue weighted by molar-refractivity contribution is 7.89. The average Bonchev–Trinajstić information content (AvgIpc) is 3.26. The predicted octanol–water partition coefficient (Wildman–Crippen LogP) is 2.81. The van der Waals surface area contributed by atoms with Gasteiger partial charge in [-0.15, -0.1) is 0 Å². The van der Waals surface area contributed by atoms with Crippen molar-refractivity contribution < 1.29 is 22.4 Å². The maximum atomic E-state index is 12.9. The van der Waals surface area contributed by atoms with Crippen LogP contribution in [0.2, 0.25) is 0 Å². The minimum atomic E-state index is -3.53. The Kier molecular flexibility index (Phi) is 7.53. The molecule has 0 spiro atoms. The van der Waals surface area contributed by atoms with Gasteiger partial charge in [-0.25, -0.2) is 8.42 Å². The molecule has 2 aromatic rings. The number of carbonyl (C=O) groups excluding carboxylic acids is 1. The number of morpholine rings is 1. The van der Waals surface area contributed by atoms with Crippen molar-refractivity contribution in [1.29, 1.82) is 0 Å². The van der Waals surface area contributed by atoms with Gasteiger partial charge in [-0.3, -0.25) is 9.69 Å². The Morgan fingerprint density at radius 1 is 1.06 bits per heavy atom. The largest absolute Gasteiger partial charge is 0.465 e. The molecule has 9 heteroatoms. The van der Waals surface area contributed by atoms with E-state index in [1.54, 1.807) is 16.4 Å². The molecule has 1 aromatic carbocycles. The second-order valence-corrected chi connectivity index (χ2v) is 10.9. The zero-order valence-corrected chi connectivity index (χ0v) is 20.1. The van der Waals surface area contributed by atoms with Gasteiger partial charge in [0.15, 0.2) is 0 Å². The second-order valence-electron chi connectivity index (χ2n) is 8.93. The van der Waals surface area contributed by atoms with Gasteiger partial charge in [0.25, 0.3) is 5.91 Å². The maximum Gasteiger partial charge on any atom is 0.251 e. The third-order valence-corrected chi connectivity index (χ3v) is 8.44. The number of hydrogen-bond donors (Lipinski definition) is 1. The first kappa shape index (κ1) is 23.9. The van der Waals surface area contributed by atoms with Crippen LogP contribution in [0.4, 0.5) is 0 Å². The minimum Gasteiger partial charge on any atom is -0.465 e. The molecular formula is C24H33N3O5S. The molecule has 0 saturated carbocycles. The summed E-state index contributed by atoms with van der Waals surface area (Å²) >= 11 is 0. The van der Waals surface area contributed by atoms with Crippen LogP contribution in [0, 0.1) is 12.8 Å². The van der Waals surface area contributed by atoms with Crippen molar-refractivity contribution in [2.24, 2.45) is 5.92 Å². The van der Waals surface area contributed by atoms with Crippen LogP contribution in [0.25, 0.3) is 0 Å². The summed E-state index contributed by atoms with van der Waals surface area (Å²) in [5.74, 6) is 1.95. The fourth-order valence-corrected chi connectivity index (χ4v) is 5.85. The number of aryl methyl sites for hydroxylation is 1. The van der Waals surface area contributed by atoms with Crippen LogP contribution in [-0.4, -0.2) is 69.5 Å². The van der Waals surface area contributed by atoms with E-state index in [0.29, 0.717) is 44.3 Å². The normalized spacial score (nSPS) is 19.9. The Morgan fingerprint density at radius 3 is 2.33 bits per heavy atom. The lowest BCUT2D eigenvalue weighted by molar-refractivity contribution is 0.0117. The van der Waals surface area contributed by atoms with E-state index in [1.165, 1.54) is 12.1 Å². The highest BCUT2D eigenvalue weighted by Crippen LogP contribution is 2.25. The molecule has 8 nitrogen and oxygen atoms in total. The summed E-state index contributed by atoms with van der Waals surface area (Å²) in [4.78, 5) is 15.3. The van der Waals surface area contributed by atoms with Gasteiger partial charge in [-0.05, 0) is 62.1 Å². The number of nitrogens with one attached hydrogen (secondary N) is 1. The molecule has 3 heterocycles. The quantitative estimate of drug-likeness (QED) is 0.662. The topological polar surface area (TPSA) is 92.1 Å². The third-order valence-electron chi connectivity index (χ3n) is 6.53. The average molecular weight is 476 g/mol. The van der Waals surface area contributed by atoms with E-state index in [-0.39, 0.29) is 16.8 Å². The van der Waals surface area contributed by atoms with Crippen molar-refractivity contribution in [3.8, 4) is 0 Å². The molecule has 0 unspecified atom stereocenters. The zero-order chi connectivity index (χ0) is 23.4. The van der Waals surface area contributed by atoms with Gasteiger partial charge in [0.05, 0.1) is 24.2 Å². The number of amides is 1. The second kappa shape index (κ2) is 10.4. The standard InChI is InChI=1S/C24H33N3O5S/c1-18-9-11-27(12-10-18)33(29,30)21-6-4-20(5-7-21)24(28)25-17-22(23-8-3-19(2)32-23)26-13-15-31-16-14-26/h3-8,18,22H,9-17H2,1-2H3,(H,25,28)/t22-/m0/s1. The summed E-state index contributed by atoms with van der Waals surface area (Å²) in [7, 11) is -3.53. The molecule has 0 radical (unpaired) electrons. The Bertz CT molecular complexity index is 1040. The van der Waals surface area contributed by atoms with Gasteiger partial charge in [0, 0.05) is 38.3 Å². The first-order valence-electron chi connectivity index (χ1n) is 11.6. The van der Waals surface area contributed by atoms with Gasteiger partial charge in [0.1, 0.15) is 11.5 Å². The van der Waals surface area contributed by atoms with E-state index >= 15 is 0 Å². The molecule has 2 aliphatic heterocycles. The molecule has 0 bridgehead atoms. The summed E-state index contributed by atoms with van der Waals surface area (Å²) < 4.78 is 38.7. The molecular weight excluding hydrogens is 442 g/mol. The van der Waals surface area contributed by atoms with Crippen molar-refractivity contribution in [2.45, 2.75) is 37.6 Å². The number of hydrogen-bond acceptors (Lipinski definition) is 6. The number of sulfonamides is 1.